The van der Waals surface area contributed by atoms with Gasteiger partial charge in [0, 0.05) is 25.7 Å². The maximum absolute atomic E-state index is 13.0. The molecule has 0 saturated heterocycles. The Morgan fingerprint density at radius 2 is 0.587 bits per heavy atom. The minimum atomic E-state index is -4.96. The summed E-state index contributed by atoms with van der Waals surface area (Å²) >= 11 is 0. The fourth-order valence-corrected chi connectivity index (χ4v) is 12.2. The van der Waals surface area contributed by atoms with Gasteiger partial charge in [-0.3, -0.25) is 37.3 Å². The molecule has 0 saturated carbocycles. The van der Waals surface area contributed by atoms with E-state index in [-0.39, 0.29) is 25.7 Å². The standard InChI is InChI=1S/C73H138O17P2/c1-6-9-12-15-17-19-21-23-25-26-28-30-35-39-43-48-53-59-73(78)90-69(63-84-71(76)57-52-47-42-38-34-29-27-24-22-20-18-16-13-10-7-2)65-88-92(81,82)86-61-67(74)60-85-91(79,80)87-64-68(62-83-70(75)56-51-45-14-11-8-3)89-72(77)58-54-49-44-40-36-32-31-33-37-41-46-50-55-66(4)5/h20,22,24,27,66-69,74H,6-19,21,23,25-26,28-65H2,1-5H3,(H,79,80)(H,81,82)/b22-20-,27-24-/t67-,68+,69+/m0/s1. The zero-order valence-electron chi connectivity index (χ0n) is 59.2. The Balaban J connectivity index is 5.18. The van der Waals surface area contributed by atoms with Gasteiger partial charge in [-0.15, -0.1) is 0 Å². The van der Waals surface area contributed by atoms with Gasteiger partial charge in [0.15, 0.2) is 12.2 Å². The van der Waals surface area contributed by atoms with Crippen LogP contribution in [0.15, 0.2) is 24.3 Å². The van der Waals surface area contributed by atoms with Gasteiger partial charge in [-0.25, -0.2) is 9.13 Å². The number of hydrogen-bond donors (Lipinski definition) is 3. The van der Waals surface area contributed by atoms with E-state index in [0.29, 0.717) is 25.7 Å². The first-order valence-electron chi connectivity index (χ1n) is 37.5. The normalized spacial score (nSPS) is 14.2. The topological polar surface area (TPSA) is 237 Å². The van der Waals surface area contributed by atoms with Crippen molar-refractivity contribution in [3.63, 3.8) is 0 Å². The Labute approximate surface area is 561 Å². The SMILES string of the molecule is CCCCCC/C=C\C=C/CCCCCCCC(=O)OC[C@H](COP(=O)(O)OC[C@@H](O)COP(=O)(O)OC[C@@H](COC(=O)CCCCCCC)OC(=O)CCCCCCCCCCCCCCC(C)C)OC(=O)CCCCCCCCCCCCCCCCCCC. The molecule has 0 aliphatic carbocycles. The average Bonchev–Trinajstić information content (AvgIpc) is 3.65. The number of hydrogen-bond acceptors (Lipinski definition) is 15. The summed E-state index contributed by atoms with van der Waals surface area (Å²) in [6, 6.07) is 0. The van der Waals surface area contributed by atoms with Crippen LogP contribution in [0, 0.1) is 5.92 Å². The lowest BCUT2D eigenvalue weighted by Gasteiger charge is -2.21. The lowest BCUT2D eigenvalue weighted by atomic mass is 10.0. The minimum Gasteiger partial charge on any atom is -0.462 e. The number of phosphoric ester groups is 2. The summed E-state index contributed by atoms with van der Waals surface area (Å²) < 4.78 is 68.2. The van der Waals surface area contributed by atoms with E-state index in [1.807, 2.05) is 0 Å². The summed E-state index contributed by atoms with van der Waals surface area (Å²) in [7, 11) is -9.91. The van der Waals surface area contributed by atoms with Crippen molar-refractivity contribution in [2.24, 2.45) is 5.92 Å². The molecule has 0 fully saturated rings. The molecule has 0 spiro atoms. The van der Waals surface area contributed by atoms with Crippen molar-refractivity contribution in [2.45, 2.75) is 374 Å². The van der Waals surface area contributed by atoms with E-state index >= 15 is 0 Å². The fourth-order valence-electron chi connectivity index (χ4n) is 10.6. The van der Waals surface area contributed by atoms with Gasteiger partial charge < -0.3 is 33.8 Å². The third kappa shape index (κ3) is 66.2. The number of carbonyl (C=O) groups excluding carboxylic acids is 4. The average molecular weight is 1350 g/mol. The molecule has 0 bridgehead atoms. The highest BCUT2D eigenvalue weighted by Gasteiger charge is 2.30. The highest BCUT2D eigenvalue weighted by atomic mass is 31.2. The number of rotatable bonds is 71. The Hall–Kier alpha value is -2.46. The van der Waals surface area contributed by atoms with Crippen LogP contribution in [0.2, 0.25) is 0 Å². The summed E-state index contributed by atoms with van der Waals surface area (Å²) in [5, 5.41) is 10.6. The second kappa shape index (κ2) is 65.8. The first kappa shape index (κ1) is 89.5. The number of allylic oxidation sites excluding steroid dienone is 4. The van der Waals surface area contributed by atoms with E-state index < -0.39 is 97.5 Å². The number of phosphoric acid groups is 2. The van der Waals surface area contributed by atoms with Gasteiger partial charge in [-0.1, -0.05) is 303 Å². The Kier molecular flexibility index (Phi) is 64.0. The van der Waals surface area contributed by atoms with Crippen molar-refractivity contribution in [2.75, 3.05) is 39.6 Å². The van der Waals surface area contributed by atoms with Crippen molar-refractivity contribution in [3.8, 4) is 0 Å². The van der Waals surface area contributed by atoms with Crippen LogP contribution in [-0.2, 0) is 65.4 Å². The Morgan fingerprint density at radius 1 is 0.337 bits per heavy atom. The molecule has 0 amide bonds. The predicted octanol–water partition coefficient (Wildman–Crippen LogP) is 20.9. The van der Waals surface area contributed by atoms with Crippen LogP contribution < -0.4 is 0 Å². The molecular weight excluding hydrogens is 1210 g/mol. The first-order valence-corrected chi connectivity index (χ1v) is 40.4. The van der Waals surface area contributed by atoms with Gasteiger partial charge in [0.1, 0.15) is 19.3 Å². The summed E-state index contributed by atoms with van der Waals surface area (Å²) in [5.41, 5.74) is 0. The van der Waals surface area contributed by atoms with Crippen LogP contribution in [0.25, 0.3) is 0 Å². The molecule has 0 radical (unpaired) electrons. The third-order valence-corrected chi connectivity index (χ3v) is 18.3. The van der Waals surface area contributed by atoms with Gasteiger partial charge in [0.2, 0.25) is 0 Å². The third-order valence-electron chi connectivity index (χ3n) is 16.4. The summed E-state index contributed by atoms with van der Waals surface area (Å²) in [6.45, 7) is 7.13. The molecule has 92 heavy (non-hydrogen) atoms. The molecular formula is C73H138O17P2. The van der Waals surface area contributed by atoms with Gasteiger partial charge >= 0.3 is 39.5 Å². The van der Waals surface area contributed by atoms with Crippen LogP contribution in [0.3, 0.4) is 0 Å². The predicted molar refractivity (Wildman–Crippen MR) is 372 cm³/mol. The molecule has 0 heterocycles. The number of esters is 4. The summed E-state index contributed by atoms with van der Waals surface area (Å²) in [5.74, 6) is -1.38. The molecule has 3 N–H and O–H groups in total. The van der Waals surface area contributed by atoms with E-state index in [0.717, 1.165) is 121 Å². The van der Waals surface area contributed by atoms with Crippen molar-refractivity contribution < 1.29 is 80.2 Å². The molecule has 0 aliphatic rings. The Morgan fingerprint density at radius 3 is 0.891 bits per heavy atom. The van der Waals surface area contributed by atoms with E-state index in [1.54, 1.807) is 0 Å². The number of ether oxygens (including phenoxy) is 4. The van der Waals surface area contributed by atoms with Crippen LogP contribution >= 0.6 is 15.6 Å². The summed E-state index contributed by atoms with van der Waals surface area (Å²) in [4.78, 5) is 72.4. The highest BCUT2D eigenvalue weighted by molar-refractivity contribution is 7.47. The van der Waals surface area contributed by atoms with Gasteiger partial charge in [-0.2, -0.15) is 0 Å². The number of carbonyl (C=O) groups is 4. The zero-order valence-corrected chi connectivity index (χ0v) is 61.0. The second-order valence-electron chi connectivity index (χ2n) is 26.1. The fraction of sp³-hybridized carbons (Fsp3) is 0.890. The molecule has 0 aliphatic heterocycles. The van der Waals surface area contributed by atoms with Crippen molar-refractivity contribution in [3.05, 3.63) is 24.3 Å². The van der Waals surface area contributed by atoms with Crippen molar-refractivity contribution >= 4 is 39.5 Å². The quantitative estimate of drug-likeness (QED) is 0.0169. The lowest BCUT2D eigenvalue weighted by molar-refractivity contribution is -0.161. The number of unbranched alkanes of at least 4 members (excludes halogenated alkanes) is 40. The van der Waals surface area contributed by atoms with Crippen LogP contribution in [-0.4, -0.2) is 96.7 Å². The van der Waals surface area contributed by atoms with E-state index in [9.17, 15) is 43.2 Å². The van der Waals surface area contributed by atoms with Crippen molar-refractivity contribution in [1.29, 1.82) is 0 Å². The maximum Gasteiger partial charge on any atom is 0.472 e. The van der Waals surface area contributed by atoms with Gasteiger partial charge in [0.25, 0.3) is 0 Å². The molecule has 0 aromatic rings. The maximum atomic E-state index is 13.0. The van der Waals surface area contributed by atoms with E-state index in [4.69, 9.17) is 37.0 Å². The minimum absolute atomic E-state index is 0.102. The molecule has 542 valence electrons. The van der Waals surface area contributed by atoms with Crippen molar-refractivity contribution in [1.82, 2.24) is 0 Å². The van der Waals surface area contributed by atoms with Crippen LogP contribution in [0.4, 0.5) is 0 Å². The highest BCUT2D eigenvalue weighted by Crippen LogP contribution is 2.45. The van der Waals surface area contributed by atoms with Gasteiger partial charge in [0.05, 0.1) is 26.4 Å². The molecule has 5 atom stereocenters. The van der Waals surface area contributed by atoms with Crippen LogP contribution in [0.1, 0.15) is 356 Å². The summed E-state index contributed by atoms with van der Waals surface area (Å²) in [6.07, 6.45) is 56.7. The number of aliphatic hydroxyl groups is 1. The molecule has 0 aromatic carbocycles. The Bertz CT molecular complexity index is 1860. The smallest absolute Gasteiger partial charge is 0.462 e. The molecule has 0 rings (SSSR count). The molecule has 17 nitrogen and oxygen atoms in total. The zero-order chi connectivity index (χ0) is 67.7. The molecule has 19 heteroatoms. The first-order chi connectivity index (χ1) is 44.5. The van der Waals surface area contributed by atoms with E-state index in [2.05, 4.69) is 58.9 Å². The largest absolute Gasteiger partial charge is 0.472 e. The lowest BCUT2D eigenvalue weighted by Crippen LogP contribution is -2.30. The number of aliphatic hydroxyl groups excluding tert-OH is 1. The molecule has 0 aromatic heterocycles. The second-order valence-corrected chi connectivity index (χ2v) is 29.0. The van der Waals surface area contributed by atoms with Gasteiger partial charge in [-0.05, 0) is 57.3 Å². The van der Waals surface area contributed by atoms with E-state index in [1.165, 1.54) is 154 Å². The molecule has 2 unspecified atom stereocenters. The van der Waals surface area contributed by atoms with Crippen LogP contribution in [0.5, 0.6) is 0 Å². The monoisotopic (exact) mass is 1350 g/mol.